The number of rotatable bonds is 3. The summed E-state index contributed by atoms with van der Waals surface area (Å²) in [7, 11) is 0. The van der Waals surface area contributed by atoms with E-state index in [1.54, 1.807) is 36.4 Å². The molecule has 0 atom stereocenters. The van der Waals surface area contributed by atoms with Gasteiger partial charge in [-0.2, -0.15) is 0 Å². The molecular weight excluding hydrogens is 304 g/mol. The lowest BCUT2D eigenvalue weighted by Gasteiger charge is -2.03. The van der Waals surface area contributed by atoms with E-state index in [2.05, 4.69) is 10.3 Å². The van der Waals surface area contributed by atoms with Gasteiger partial charge in [0.1, 0.15) is 5.69 Å². The second-order valence-corrected chi connectivity index (χ2v) is 5.19. The number of amides is 1. The Labute approximate surface area is 130 Å². The molecule has 3 rings (SSSR count). The van der Waals surface area contributed by atoms with Crippen LogP contribution in [-0.2, 0) is 0 Å². The first-order chi connectivity index (χ1) is 10.5. The van der Waals surface area contributed by atoms with Gasteiger partial charge in [-0.1, -0.05) is 11.6 Å². The molecule has 0 saturated heterocycles. The summed E-state index contributed by atoms with van der Waals surface area (Å²) in [4.78, 5) is 26.0. The van der Waals surface area contributed by atoms with Crippen LogP contribution in [0.3, 0.4) is 0 Å². The van der Waals surface area contributed by atoms with Crippen molar-refractivity contribution in [2.75, 3.05) is 5.32 Å². The number of carbonyl (C=O) groups is 2. The number of anilines is 1. The van der Waals surface area contributed by atoms with Gasteiger partial charge in [0.2, 0.25) is 0 Å². The smallest absolute Gasteiger partial charge is 0.335 e. The molecule has 0 radical (unpaired) electrons. The number of hydrogen-bond acceptors (Lipinski definition) is 2. The SMILES string of the molecule is O=C(O)c1ccc(NC(=O)c2cc3cc(Cl)ccc3[nH]2)cc1. The standard InChI is InChI=1S/C16H11ClN2O3/c17-11-3-6-13-10(7-11)8-14(19-13)15(20)18-12-4-1-9(2-5-12)16(21)22/h1-8,19H,(H,18,20)(H,21,22). The van der Waals surface area contributed by atoms with E-state index >= 15 is 0 Å². The van der Waals surface area contributed by atoms with Gasteiger partial charge in [-0.05, 0) is 48.5 Å². The van der Waals surface area contributed by atoms with Gasteiger partial charge in [-0.3, -0.25) is 4.79 Å². The van der Waals surface area contributed by atoms with Gasteiger partial charge >= 0.3 is 5.97 Å². The first kappa shape index (κ1) is 14.2. The first-order valence-electron chi connectivity index (χ1n) is 6.46. The average Bonchev–Trinajstić information content (AvgIpc) is 2.91. The topological polar surface area (TPSA) is 82.2 Å². The van der Waals surface area contributed by atoms with Crippen LogP contribution < -0.4 is 5.32 Å². The zero-order valence-corrected chi connectivity index (χ0v) is 12.0. The van der Waals surface area contributed by atoms with Crippen molar-refractivity contribution in [3.63, 3.8) is 0 Å². The molecular formula is C16H11ClN2O3. The molecule has 0 spiro atoms. The number of benzene rings is 2. The third kappa shape index (κ3) is 2.80. The van der Waals surface area contributed by atoms with Gasteiger partial charge in [-0.15, -0.1) is 0 Å². The van der Waals surface area contributed by atoms with Crippen molar-refractivity contribution in [3.8, 4) is 0 Å². The summed E-state index contributed by atoms with van der Waals surface area (Å²) in [5.41, 5.74) is 1.90. The van der Waals surface area contributed by atoms with E-state index in [1.165, 1.54) is 12.1 Å². The number of carboxylic acids is 1. The number of H-pyrrole nitrogens is 1. The number of fused-ring (bicyclic) bond motifs is 1. The predicted octanol–water partition coefficient (Wildman–Crippen LogP) is 3.77. The molecule has 0 aliphatic rings. The molecule has 2 aromatic carbocycles. The maximum Gasteiger partial charge on any atom is 0.335 e. The zero-order chi connectivity index (χ0) is 15.7. The van der Waals surface area contributed by atoms with Crippen molar-refractivity contribution in [2.24, 2.45) is 0 Å². The van der Waals surface area contributed by atoms with Crippen LogP contribution >= 0.6 is 11.6 Å². The van der Waals surface area contributed by atoms with Crippen molar-refractivity contribution < 1.29 is 14.7 Å². The van der Waals surface area contributed by atoms with Gasteiger partial charge in [0.05, 0.1) is 5.56 Å². The molecule has 6 heteroatoms. The van der Waals surface area contributed by atoms with E-state index in [-0.39, 0.29) is 11.5 Å². The molecule has 22 heavy (non-hydrogen) atoms. The van der Waals surface area contributed by atoms with Crippen LogP contribution in [-0.4, -0.2) is 22.0 Å². The molecule has 0 bridgehead atoms. The fourth-order valence-electron chi connectivity index (χ4n) is 2.12. The highest BCUT2D eigenvalue weighted by molar-refractivity contribution is 6.31. The molecule has 3 N–H and O–H groups in total. The number of aromatic carboxylic acids is 1. The Balaban J connectivity index is 1.81. The molecule has 1 amide bonds. The van der Waals surface area contributed by atoms with Crippen molar-refractivity contribution in [1.82, 2.24) is 4.98 Å². The van der Waals surface area contributed by atoms with Crippen LogP contribution in [0.25, 0.3) is 10.9 Å². The van der Waals surface area contributed by atoms with E-state index < -0.39 is 5.97 Å². The Morgan fingerprint density at radius 3 is 2.45 bits per heavy atom. The number of nitrogens with one attached hydrogen (secondary N) is 2. The third-order valence-corrected chi connectivity index (χ3v) is 3.45. The monoisotopic (exact) mass is 314 g/mol. The number of aromatic amines is 1. The fraction of sp³-hybridized carbons (Fsp3) is 0. The highest BCUT2D eigenvalue weighted by atomic mass is 35.5. The lowest BCUT2D eigenvalue weighted by molar-refractivity contribution is 0.0696. The van der Waals surface area contributed by atoms with E-state index in [0.29, 0.717) is 16.4 Å². The summed E-state index contributed by atoms with van der Waals surface area (Å²) >= 11 is 5.92. The van der Waals surface area contributed by atoms with Crippen LogP contribution in [0.15, 0.2) is 48.5 Å². The Bertz CT molecular complexity index is 869. The highest BCUT2D eigenvalue weighted by Crippen LogP contribution is 2.21. The van der Waals surface area contributed by atoms with Gasteiger partial charge in [0.15, 0.2) is 0 Å². The Morgan fingerprint density at radius 2 is 1.77 bits per heavy atom. The van der Waals surface area contributed by atoms with Crippen LogP contribution in [0, 0.1) is 0 Å². The third-order valence-electron chi connectivity index (χ3n) is 3.22. The van der Waals surface area contributed by atoms with Gasteiger partial charge in [0.25, 0.3) is 5.91 Å². The van der Waals surface area contributed by atoms with E-state index in [4.69, 9.17) is 16.7 Å². The predicted molar refractivity (Wildman–Crippen MR) is 84.7 cm³/mol. The van der Waals surface area contributed by atoms with Gasteiger partial charge in [-0.25, -0.2) is 4.79 Å². The van der Waals surface area contributed by atoms with E-state index in [9.17, 15) is 9.59 Å². The minimum Gasteiger partial charge on any atom is -0.478 e. The molecule has 0 fully saturated rings. The summed E-state index contributed by atoms with van der Waals surface area (Å²) in [6.45, 7) is 0. The molecule has 1 heterocycles. The minimum absolute atomic E-state index is 0.165. The normalized spacial score (nSPS) is 10.6. The summed E-state index contributed by atoms with van der Waals surface area (Å²) in [6.07, 6.45) is 0. The maximum atomic E-state index is 12.2. The van der Waals surface area contributed by atoms with Crippen molar-refractivity contribution >= 4 is 40.1 Å². The molecule has 5 nitrogen and oxygen atoms in total. The minimum atomic E-state index is -1.01. The Kier molecular flexibility index (Phi) is 3.56. The Hall–Kier alpha value is -2.79. The van der Waals surface area contributed by atoms with Crippen molar-refractivity contribution in [3.05, 3.63) is 64.8 Å². The van der Waals surface area contributed by atoms with Crippen LogP contribution in [0.2, 0.25) is 5.02 Å². The quantitative estimate of drug-likeness (QED) is 0.688. The summed E-state index contributed by atoms with van der Waals surface area (Å²) in [6, 6.07) is 13.0. The number of aromatic nitrogens is 1. The highest BCUT2D eigenvalue weighted by Gasteiger charge is 2.10. The first-order valence-corrected chi connectivity index (χ1v) is 6.84. The van der Waals surface area contributed by atoms with Crippen molar-refractivity contribution in [1.29, 1.82) is 0 Å². The molecule has 0 unspecified atom stereocenters. The number of carbonyl (C=O) groups excluding carboxylic acids is 1. The van der Waals surface area contributed by atoms with Crippen LogP contribution in [0.1, 0.15) is 20.8 Å². The maximum absolute atomic E-state index is 12.2. The molecule has 110 valence electrons. The second-order valence-electron chi connectivity index (χ2n) is 4.75. The summed E-state index contributed by atoms with van der Waals surface area (Å²) in [5.74, 6) is -1.32. The van der Waals surface area contributed by atoms with E-state index in [1.807, 2.05) is 0 Å². The average molecular weight is 315 g/mol. The molecule has 1 aromatic heterocycles. The van der Waals surface area contributed by atoms with Crippen LogP contribution in [0.5, 0.6) is 0 Å². The summed E-state index contributed by atoms with van der Waals surface area (Å²) < 4.78 is 0. The number of halogens is 1. The van der Waals surface area contributed by atoms with Gasteiger partial charge < -0.3 is 15.4 Å². The second kappa shape index (κ2) is 5.54. The fourth-order valence-corrected chi connectivity index (χ4v) is 2.30. The lowest BCUT2D eigenvalue weighted by Crippen LogP contribution is -2.12. The zero-order valence-electron chi connectivity index (χ0n) is 11.3. The lowest BCUT2D eigenvalue weighted by atomic mass is 10.2. The largest absolute Gasteiger partial charge is 0.478 e. The number of hydrogen-bond donors (Lipinski definition) is 3. The summed E-state index contributed by atoms with van der Waals surface area (Å²) in [5, 5.41) is 13.0. The molecule has 3 aromatic rings. The molecule has 0 saturated carbocycles. The van der Waals surface area contributed by atoms with E-state index in [0.717, 1.165) is 10.9 Å². The molecule has 0 aliphatic carbocycles. The van der Waals surface area contributed by atoms with Gasteiger partial charge in [0, 0.05) is 21.6 Å². The van der Waals surface area contributed by atoms with Crippen LogP contribution in [0.4, 0.5) is 5.69 Å². The molecule has 0 aliphatic heterocycles. The number of carboxylic acid groups (broad SMARTS) is 1. The Morgan fingerprint density at radius 1 is 1.05 bits per heavy atom. The van der Waals surface area contributed by atoms with Crippen molar-refractivity contribution in [2.45, 2.75) is 0 Å².